The van der Waals surface area contributed by atoms with Crippen molar-refractivity contribution in [2.45, 2.75) is 38.8 Å². The molecule has 0 spiro atoms. The molecule has 1 saturated heterocycles. The Morgan fingerprint density at radius 2 is 1.72 bits per heavy atom. The first-order chi connectivity index (χ1) is 17.2. The monoisotopic (exact) mass is 495 g/mol. The van der Waals surface area contributed by atoms with Crippen LogP contribution in [0.4, 0.5) is 18.9 Å². The summed E-state index contributed by atoms with van der Waals surface area (Å²) >= 11 is 0. The number of benzene rings is 3. The Morgan fingerprint density at radius 3 is 2.44 bits per heavy atom. The van der Waals surface area contributed by atoms with Gasteiger partial charge in [0, 0.05) is 48.3 Å². The summed E-state index contributed by atoms with van der Waals surface area (Å²) in [7, 11) is 0. The average Bonchev–Trinajstić information content (AvgIpc) is 3.38. The van der Waals surface area contributed by atoms with Gasteiger partial charge >= 0.3 is 6.36 Å². The number of hydrogen-bond acceptors (Lipinski definition) is 4. The molecule has 1 atom stereocenters. The lowest BCUT2D eigenvalue weighted by Crippen LogP contribution is -2.25. The van der Waals surface area contributed by atoms with Gasteiger partial charge in [-0.2, -0.15) is 0 Å². The van der Waals surface area contributed by atoms with Crippen LogP contribution in [0.25, 0.3) is 10.8 Å². The largest absolute Gasteiger partial charge is 0.573 e. The fourth-order valence-electron chi connectivity index (χ4n) is 4.96. The van der Waals surface area contributed by atoms with Gasteiger partial charge in [-0.25, -0.2) is 0 Å². The molecule has 1 fully saturated rings. The minimum Gasteiger partial charge on any atom is -0.494 e. The third-order valence-corrected chi connectivity index (χ3v) is 6.56. The number of rotatable bonds is 7. The summed E-state index contributed by atoms with van der Waals surface area (Å²) in [4.78, 5) is 2.45. The molecule has 5 rings (SSSR count). The highest BCUT2D eigenvalue weighted by Gasteiger charge is 2.31. The fraction of sp³-hybridized carbons (Fsp3) is 0.286. The number of halogens is 3. The number of nitrogens with zero attached hydrogens (tertiary/aromatic N) is 2. The van der Waals surface area contributed by atoms with Crippen LogP contribution in [0, 0.1) is 6.92 Å². The van der Waals surface area contributed by atoms with Crippen LogP contribution >= 0.6 is 0 Å². The summed E-state index contributed by atoms with van der Waals surface area (Å²) in [6.45, 7) is 5.24. The minimum atomic E-state index is -4.72. The SMILES string of the molecule is Cc1cc(NC2CCN(Cc3ccccc3)C2)cc2cn(Cc3ccc(OC(F)(F)F)cc3)c(O)c12. The number of aromatic nitrogens is 1. The van der Waals surface area contributed by atoms with E-state index < -0.39 is 6.36 Å². The first-order valence-corrected chi connectivity index (χ1v) is 11.9. The maximum atomic E-state index is 12.4. The molecule has 188 valence electrons. The van der Waals surface area contributed by atoms with Crippen LogP contribution in [0.3, 0.4) is 0 Å². The van der Waals surface area contributed by atoms with Gasteiger partial charge in [0.1, 0.15) is 5.75 Å². The standard InChI is InChI=1S/C28H28F3N3O2/c1-19-13-24(32-23-11-12-33(18-23)15-20-5-3-2-4-6-20)14-22-17-34(27(35)26(19)22)16-21-7-9-25(10-8-21)36-28(29,30)31/h2-10,13-14,17,23,32,35H,11-12,15-16,18H2,1H3. The predicted octanol–water partition coefficient (Wildman–Crippen LogP) is 6.29. The van der Waals surface area contributed by atoms with E-state index in [9.17, 15) is 18.3 Å². The average molecular weight is 496 g/mol. The summed E-state index contributed by atoms with van der Waals surface area (Å²) in [5.41, 5.74) is 4.03. The Bertz CT molecular complexity index is 1330. The van der Waals surface area contributed by atoms with Crippen LogP contribution < -0.4 is 10.1 Å². The van der Waals surface area contributed by atoms with Gasteiger partial charge in [0.2, 0.25) is 0 Å². The van der Waals surface area contributed by atoms with Gasteiger partial charge in [0.25, 0.3) is 0 Å². The lowest BCUT2D eigenvalue weighted by atomic mass is 10.1. The molecule has 0 aliphatic carbocycles. The third-order valence-electron chi connectivity index (χ3n) is 6.56. The predicted molar refractivity (Wildman–Crippen MR) is 134 cm³/mol. The molecule has 3 aromatic carbocycles. The molecule has 0 bridgehead atoms. The highest BCUT2D eigenvalue weighted by molar-refractivity contribution is 5.93. The van der Waals surface area contributed by atoms with E-state index in [1.807, 2.05) is 25.3 Å². The van der Waals surface area contributed by atoms with E-state index in [0.717, 1.165) is 53.6 Å². The number of alkyl halides is 3. The van der Waals surface area contributed by atoms with E-state index in [1.54, 1.807) is 16.7 Å². The molecule has 5 nitrogen and oxygen atoms in total. The zero-order valence-electron chi connectivity index (χ0n) is 19.9. The molecular formula is C28H28F3N3O2. The van der Waals surface area contributed by atoms with E-state index in [-0.39, 0.29) is 11.6 Å². The van der Waals surface area contributed by atoms with Crippen molar-refractivity contribution >= 4 is 16.5 Å². The Balaban J connectivity index is 1.27. The van der Waals surface area contributed by atoms with E-state index >= 15 is 0 Å². The van der Waals surface area contributed by atoms with Crippen molar-refractivity contribution in [3.8, 4) is 11.6 Å². The molecule has 1 unspecified atom stereocenters. The number of likely N-dealkylation sites (tertiary alicyclic amines) is 1. The molecule has 0 radical (unpaired) electrons. The Hall–Kier alpha value is -3.65. The molecule has 8 heteroatoms. The third kappa shape index (κ3) is 5.60. The number of aryl methyl sites for hydroxylation is 1. The number of ether oxygens (including phenoxy) is 1. The van der Waals surface area contributed by atoms with Crippen molar-refractivity contribution in [1.29, 1.82) is 0 Å². The summed E-state index contributed by atoms with van der Waals surface area (Å²) in [6.07, 6.45) is -1.79. The van der Waals surface area contributed by atoms with Crippen molar-refractivity contribution < 1.29 is 23.0 Å². The molecule has 1 aliphatic rings. The molecule has 36 heavy (non-hydrogen) atoms. The number of nitrogens with one attached hydrogen (secondary N) is 1. The molecule has 0 amide bonds. The lowest BCUT2D eigenvalue weighted by molar-refractivity contribution is -0.274. The van der Waals surface area contributed by atoms with Crippen molar-refractivity contribution in [1.82, 2.24) is 9.47 Å². The van der Waals surface area contributed by atoms with Gasteiger partial charge in [-0.15, -0.1) is 13.2 Å². The molecule has 0 saturated carbocycles. The molecule has 1 aromatic heterocycles. The summed E-state index contributed by atoms with van der Waals surface area (Å²) in [6, 6.07) is 20.6. The zero-order valence-corrected chi connectivity index (χ0v) is 19.9. The minimum absolute atomic E-state index is 0.138. The second-order valence-corrected chi connectivity index (χ2v) is 9.38. The van der Waals surface area contributed by atoms with Crippen molar-refractivity contribution in [3.05, 3.63) is 89.6 Å². The lowest BCUT2D eigenvalue weighted by Gasteiger charge is -2.18. The second-order valence-electron chi connectivity index (χ2n) is 9.38. The van der Waals surface area contributed by atoms with Gasteiger partial charge in [-0.05, 0) is 54.3 Å². The molecule has 4 aromatic rings. The van der Waals surface area contributed by atoms with Crippen LogP contribution in [-0.2, 0) is 13.1 Å². The fourth-order valence-corrected chi connectivity index (χ4v) is 4.96. The Labute approximate surface area is 207 Å². The topological polar surface area (TPSA) is 49.7 Å². The van der Waals surface area contributed by atoms with Crippen LogP contribution in [0.5, 0.6) is 11.6 Å². The number of fused-ring (bicyclic) bond motifs is 1. The number of hydrogen-bond donors (Lipinski definition) is 2. The first-order valence-electron chi connectivity index (χ1n) is 11.9. The van der Waals surface area contributed by atoms with Crippen LogP contribution in [-0.4, -0.2) is 40.1 Å². The van der Waals surface area contributed by atoms with Gasteiger partial charge in [0.15, 0.2) is 5.88 Å². The summed E-state index contributed by atoms with van der Waals surface area (Å²) in [5.74, 6) is -0.131. The molecule has 2 heterocycles. The zero-order chi connectivity index (χ0) is 25.3. The molecule has 1 aliphatic heterocycles. The summed E-state index contributed by atoms with van der Waals surface area (Å²) < 4.78 is 42.8. The first kappa shape index (κ1) is 24.1. The van der Waals surface area contributed by atoms with E-state index in [0.29, 0.717) is 12.6 Å². The van der Waals surface area contributed by atoms with Crippen LogP contribution in [0.15, 0.2) is 72.9 Å². The Kier molecular flexibility index (Phi) is 6.53. The van der Waals surface area contributed by atoms with Crippen molar-refractivity contribution in [2.24, 2.45) is 0 Å². The quantitative estimate of drug-likeness (QED) is 0.317. The van der Waals surface area contributed by atoms with E-state index in [4.69, 9.17) is 0 Å². The van der Waals surface area contributed by atoms with Gasteiger partial charge in [0.05, 0.1) is 6.54 Å². The Morgan fingerprint density at radius 1 is 1.00 bits per heavy atom. The number of aromatic hydroxyl groups is 1. The maximum absolute atomic E-state index is 12.4. The van der Waals surface area contributed by atoms with E-state index in [2.05, 4.69) is 45.3 Å². The smallest absolute Gasteiger partial charge is 0.494 e. The highest BCUT2D eigenvalue weighted by Crippen LogP contribution is 2.34. The van der Waals surface area contributed by atoms with Crippen LogP contribution in [0.2, 0.25) is 0 Å². The maximum Gasteiger partial charge on any atom is 0.573 e. The van der Waals surface area contributed by atoms with Crippen molar-refractivity contribution in [3.63, 3.8) is 0 Å². The van der Waals surface area contributed by atoms with Gasteiger partial charge < -0.3 is 19.7 Å². The van der Waals surface area contributed by atoms with Crippen molar-refractivity contribution in [2.75, 3.05) is 18.4 Å². The molecular weight excluding hydrogens is 467 g/mol. The normalized spacial score (nSPS) is 16.5. The van der Waals surface area contributed by atoms with Gasteiger partial charge in [-0.3, -0.25) is 4.90 Å². The van der Waals surface area contributed by atoms with Crippen LogP contribution in [0.1, 0.15) is 23.1 Å². The molecule has 2 N–H and O–H groups in total. The van der Waals surface area contributed by atoms with Gasteiger partial charge in [-0.1, -0.05) is 42.5 Å². The highest BCUT2D eigenvalue weighted by atomic mass is 19.4. The number of anilines is 1. The second kappa shape index (κ2) is 9.78. The summed E-state index contributed by atoms with van der Waals surface area (Å²) in [5, 5.41) is 16.2. The van der Waals surface area contributed by atoms with E-state index in [1.165, 1.54) is 17.7 Å².